The summed E-state index contributed by atoms with van der Waals surface area (Å²) in [6.45, 7) is 1.71. The van der Waals surface area contributed by atoms with E-state index >= 15 is 0 Å². The van der Waals surface area contributed by atoms with Crippen molar-refractivity contribution in [2.24, 2.45) is 12.8 Å². The summed E-state index contributed by atoms with van der Waals surface area (Å²) in [4.78, 5) is 40.0. The van der Waals surface area contributed by atoms with Gasteiger partial charge in [-0.3, -0.25) is 9.69 Å². The van der Waals surface area contributed by atoms with Gasteiger partial charge in [0.15, 0.2) is 0 Å². The molecule has 4 rings (SSSR count). The molecule has 1 aliphatic rings. The lowest BCUT2D eigenvalue weighted by Crippen LogP contribution is -2.40. The van der Waals surface area contributed by atoms with Crippen LogP contribution in [0, 0.1) is 18.3 Å². The van der Waals surface area contributed by atoms with E-state index in [0.717, 1.165) is 0 Å². The largest absolute Gasteiger partial charge is 0.466 e. The van der Waals surface area contributed by atoms with Crippen LogP contribution in [0.15, 0.2) is 82.1 Å². The van der Waals surface area contributed by atoms with Gasteiger partial charge in [-0.25, -0.2) is 9.59 Å². The minimum atomic E-state index is -0.947. The third-order valence-electron chi connectivity index (χ3n) is 6.25. The number of rotatable bonds is 4. The molecule has 0 saturated heterocycles. The first-order valence-corrected chi connectivity index (χ1v) is 11.0. The van der Waals surface area contributed by atoms with Crippen LogP contribution < -0.4 is 16.2 Å². The zero-order valence-electron chi connectivity index (χ0n) is 20.2. The van der Waals surface area contributed by atoms with Crippen molar-refractivity contribution in [3.05, 3.63) is 98.7 Å². The van der Waals surface area contributed by atoms with Gasteiger partial charge in [0.1, 0.15) is 11.5 Å². The van der Waals surface area contributed by atoms with Gasteiger partial charge in [-0.05, 0) is 36.8 Å². The second kappa shape index (κ2) is 9.43. The van der Waals surface area contributed by atoms with Crippen LogP contribution in [0.5, 0.6) is 0 Å². The quantitative estimate of drug-likeness (QED) is 0.560. The smallest absolute Gasteiger partial charge is 0.355 e. The van der Waals surface area contributed by atoms with Gasteiger partial charge in [-0.1, -0.05) is 30.3 Å². The number of allylic oxidation sites excluding steroid dienone is 1. The van der Waals surface area contributed by atoms with Crippen LogP contribution in [0.2, 0.25) is 0 Å². The molecule has 1 unspecified atom stereocenters. The molecule has 0 bridgehead atoms. The molecule has 0 aliphatic carbocycles. The van der Waals surface area contributed by atoms with E-state index < -0.39 is 17.9 Å². The van der Waals surface area contributed by atoms with Crippen LogP contribution in [0.3, 0.4) is 0 Å². The minimum absolute atomic E-state index is 0.0275. The van der Waals surface area contributed by atoms with Gasteiger partial charge in [0.2, 0.25) is 0 Å². The Labute approximate surface area is 207 Å². The molecule has 2 heterocycles. The molecule has 0 amide bonds. The lowest BCUT2D eigenvalue weighted by Gasteiger charge is -2.36. The normalized spacial score (nSPS) is 15.6. The predicted octanol–water partition coefficient (Wildman–Crippen LogP) is 2.74. The van der Waals surface area contributed by atoms with Gasteiger partial charge in [0.05, 0.1) is 42.9 Å². The average Bonchev–Trinajstić information content (AvgIpc) is 2.90. The van der Waals surface area contributed by atoms with E-state index in [2.05, 4.69) is 6.07 Å². The van der Waals surface area contributed by atoms with Crippen molar-refractivity contribution >= 4 is 28.5 Å². The lowest BCUT2D eigenvalue weighted by atomic mass is 9.81. The van der Waals surface area contributed by atoms with Crippen molar-refractivity contribution in [1.29, 1.82) is 5.26 Å². The standard InChI is InChI=1S/C27H24N4O5/c1-15-12-17-13-18(10-11-20(17)30(2)25(15)32)31-23(27(34)36-4)22(26(33)35-3)21(19(14-28)24(31)29)16-8-6-5-7-9-16/h5-13,21H,29H2,1-4H3. The molecule has 9 nitrogen and oxygen atoms in total. The molecule has 1 aromatic heterocycles. The number of hydrogen-bond donors (Lipinski definition) is 1. The fraction of sp³-hybridized carbons (Fsp3) is 0.185. The molecule has 36 heavy (non-hydrogen) atoms. The molecule has 3 aromatic rings. The SMILES string of the molecule is COC(=O)C1=C(C(=O)OC)N(c2ccc3c(c2)cc(C)c(=O)n3C)C(N)=C(C#N)C1c1ccccc1. The van der Waals surface area contributed by atoms with Crippen molar-refractivity contribution in [2.45, 2.75) is 12.8 Å². The van der Waals surface area contributed by atoms with Crippen LogP contribution in [-0.2, 0) is 26.1 Å². The van der Waals surface area contributed by atoms with E-state index in [4.69, 9.17) is 15.2 Å². The average molecular weight is 485 g/mol. The molecule has 0 radical (unpaired) electrons. The van der Waals surface area contributed by atoms with Gasteiger partial charge in [0.25, 0.3) is 5.56 Å². The second-order valence-electron chi connectivity index (χ2n) is 8.27. The molecular weight excluding hydrogens is 460 g/mol. The fourth-order valence-corrected chi connectivity index (χ4v) is 4.55. The van der Waals surface area contributed by atoms with Crippen molar-refractivity contribution < 1.29 is 19.1 Å². The molecule has 0 saturated carbocycles. The van der Waals surface area contributed by atoms with E-state index in [1.54, 1.807) is 68.6 Å². The Kier molecular flexibility index (Phi) is 6.36. The van der Waals surface area contributed by atoms with Crippen LogP contribution in [0.25, 0.3) is 10.9 Å². The van der Waals surface area contributed by atoms with Crippen molar-refractivity contribution in [1.82, 2.24) is 4.57 Å². The summed E-state index contributed by atoms with van der Waals surface area (Å²) in [6.07, 6.45) is 0. The van der Waals surface area contributed by atoms with Crippen LogP contribution >= 0.6 is 0 Å². The van der Waals surface area contributed by atoms with Crippen LogP contribution in [-0.4, -0.2) is 30.7 Å². The first kappa shape index (κ1) is 24.3. The van der Waals surface area contributed by atoms with E-state index in [1.807, 2.05) is 0 Å². The number of pyridine rings is 1. The third kappa shape index (κ3) is 3.79. The number of esters is 2. The summed E-state index contributed by atoms with van der Waals surface area (Å²) in [5, 5.41) is 10.8. The number of carbonyl (C=O) groups is 2. The monoisotopic (exact) mass is 484 g/mol. The number of nitrogens with zero attached hydrogens (tertiary/aromatic N) is 3. The molecule has 0 fully saturated rings. The number of methoxy groups -OCH3 is 2. The van der Waals surface area contributed by atoms with E-state index in [1.165, 1.54) is 23.7 Å². The molecule has 2 N–H and O–H groups in total. The second-order valence-corrected chi connectivity index (χ2v) is 8.27. The first-order valence-electron chi connectivity index (χ1n) is 11.0. The Bertz CT molecular complexity index is 1560. The number of benzene rings is 2. The zero-order valence-corrected chi connectivity index (χ0v) is 20.2. The van der Waals surface area contributed by atoms with Crippen LogP contribution in [0.4, 0.5) is 5.69 Å². The number of nitriles is 1. The van der Waals surface area contributed by atoms with Gasteiger partial charge in [0, 0.05) is 23.7 Å². The number of aryl methyl sites for hydroxylation is 2. The topological polar surface area (TPSA) is 128 Å². The lowest BCUT2D eigenvalue weighted by molar-refractivity contribution is -0.139. The number of anilines is 1. The molecule has 2 aromatic carbocycles. The molecule has 182 valence electrons. The van der Waals surface area contributed by atoms with Crippen LogP contribution in [0.1, 0.15) is 17.0 Å². The highest BCUT2D eigenvalue weighted by atomic mass is 16.5. The zero-order chi connectivity index (χ0) is 26.1. The van der Waals surface area contributed by atoms with E-state index in [9.17, 15) is 19.6 Å². The van der Waals surface area contributed by atoms with Crippen molar-refractivity contribution in [3.8, 4) is 6.07 Å². The molecule has 0 spiro atoms. The van der Waals surface area contributed by atoms with E-state index in [0.29, 0.717) is 27.7 Å². The highest BCUT2D eigenvalue weighted by molar-refractivity contribution is 6.06. The minimum Gasteiger partial charge on any atom is -0.466 e. The first-order chi connectivity index (χ1) is 17.2. The number of nitrogens with two attached hydrogens (primary N) is 1. The summed E-state index contributed by atoms with van der Waals surface area (Å²) in [7, 11) is 4.06. The maximum absolute atomic E-state index is 13.2. The fourth-order valence-electron chi connectivity index (χ4n) is 4.55. The molecular formula is C27H24N4O5. The van der Waals surface area contributed by atoms with Crippen molar-refractivity contribution in [2.75, 3.05) is 19.1 Å². The molecule has 9 heteroatoms. The van der Waals surface area contributed by atoms with Gasteiger partial charge < -0.3 is 19.8 Å². The number of hydrogen-bond acceptors (Lipinski definition) is 8. The summed E-state index contributed by atoms with van der Waals surface area (Å²) in [6, 6.07) is 17.7. The van der Waals surface area contributed by atoms with Crippen molar-refractivity contribution in [3.63, 3.8) is 0 Å². The molecule has 1 atom stereocenters. The van der Waals surface area contributed by atoms with E-state index in [-0.39, 0.29) is 28.2 Å². The Morgan fingerprint density at radius 1 is 1.03 bits per heavy atom. The number of fused-ring (bicyclic) bond motifs is 1. The number of ether oxygens (including phenoxy) is 2. The Balaban J connectivity index is 2.08. The number of aromatic nitrogens is 1. The highest BCUT2D eigenvalue weighted by Crippen LogP contribution is 2.43. The Morgan fingerprint density at radius 2 is 1.69 bits per heavy atom. The summed E-state index contributed by atoms with van der Waals surface area (Å²) in [5.74, 6) is -2.60. The third-order valence-corrected chi connectivity index (χ3v) is 6.25. The summed E-state index contributed by atoms with van der Waals surface area (Å²) in [5.41, 5.74) is 8.44. The van der Waals surface area contributed by atoms with Gasteiger partial charge in [-0.15, -0.1) is 0 Å². The highest BCUT2D eigenvalue weighted by Gasteiger charge is 2.43. The number of carbonyl (C=O) groups excluding carboxylic acids is 2. The molecule has 1 aliphatic heterocycles. The predicted molar refractivity (Wildman–Crippen MR) is 133 cm³/mol. The summed E-state index contributed by atoms with van der Waals surface area (Å²) >= 11 is 0. The maximum atomic E-state index is 13.2. The maximum Gasteiger partial charge on any atom is 0.355 e. The Hall–Kier alpha value is -4.84. The summed E-state index contributed by atoms with van der Waals surface area (Å²) < 4.78 is 11.6. The van der Waals surface area contributed by atoms with Gasteiger partial charge >= 0.3 is 11.9 Å². The Morgan fingerprint density at radius 3 is 2.31 bits per heavy atom. The van der Waals surface area contributed by atoms with Gasteiger partial charge in [-0.2, -0.15) is 5.26 Å².